The molecule has 3 rings (SSSR count). The number of amides is 1. The lowest BCUT2D eigenvalue weighted by Crippen LogP contribution is -2.45. The average molecular weight is 718 g/mol. The second-order valence-corrected chi connectivity index (χ2v) is 10.5. The Hall–Kier alpha value is -1.41. The number of carboxylic acid groups (broad SMARTS) is 1. The zero-order valence-electron chi connectivity index (χ0n) is 17.0. The van der Waals surface area contributed by atoms with E-state index < -0.39 is 23.6 Å². The van der Waals surface area contributed by atoms with Gasteiger partial charge in [-0.2, -0.15) is 0 Å². The predicted octanol–water partition coefficient (Wildman–Crippen LogP) is 4.22. The summed E-state index contributed by atoms with van der Waals surface area (Å²) in [6, 6.07) is 2.90. The number of aromatic carboxylic acids is 1. The van der Waals surface area contributed by atoms with Crippen molar-refractivity contribution in [2.45, 2.75) is 24.5 Å². The smallest absolute Gasteiger partial charge is 0.335 e. The molecule has 1 heterocycles. The molecule has 0 saturated carbocycles. The van der Waals surface area contributed by atoms with Crippen LogP contribution < -0.4 is 10.1 Å². The number of aliphatic hydroxyl groups is 1. The highest BCUT2D eigenvalue weighted by Gasteiger charge is 2.50. The Balaban J connectivity index is 1.49. The number of nitrogens with zero attached hydrogens (tertiary/aromatic N) is 1. The van der Waals surface area contributed by atoms with Gasteiger partial charge >= 0.3 is 5.97 Å². The number of ether oxygens (including phenoxy) is 2. The normalized spacial score (nSPS) is 21.9. The van der Waals surface area contributed by atoms with E-state index in [4.69, 9.17) is 19.4 Å². The van der Waals surface area contributed by atoms with Crippen molar-refractivity contribution in [3.05, 3.63) is 47.4 Å². The van der Waals surface area contributed by atoms with Gasteiger partial charge in [0.2, 0.25) is 0 Å². The third-order valence-corrected chi connectivity index (χ3v) is 7.40. The molecule has 3 N–H and O–H groups in total. The van der Waals surface area contributed by atoms with E-state index in [-0.39, 0.29) is 24.3 Å². The standard InChI is InChI=1S/C20H18Br4N2O7/c1-31-16-12(23)7-20(17(27)14(16)24)8-13(26-33-20)18(28)25-3-2-4-32-15-10(21)5-9(19(29)30)6-11(15)22/h5-7,17,27H,2-4,8H2,1H3,(H,25,28)(H,29,30)/t17-,20+/m1/s1. The molecule has 0 radical (unpaired) electrons. The van der Waals surface area contributed by atoms with Crippen LogP contribution in [0.2, 0.25) is 0 Å². The summed E-state index contributed by atoms with van der Waals surface area (Å²) in [6.07, 6.45) is 1.10. The molecule has 33 heavy (non-hydrogen) atoms. The SMILES string of the molecule is COC1=C(Br)[C@@H](O)[C@]2(C=C1Br)CC(C(=O)NCCCOc1c(Br)cc(C(=O)O)cc1Br)=NO2. The van der Waals surface area contributed by atoms with Gasteiger partial charge in [-0.1, -0.05) is 5.16 Å². The number of nitrogens with one attached hydrogen (secondary N) is 1. The number of halogens is 4. The van der Waals surface area contributed by atoms with Gasteiger partial charge in [0.1, 0.15) is 23.3 Å². The second kappa shape index (κ2) is 10.9. The molecule has 1 aromatic carbocycles. The second-order valence-electron chi connectivity index (χ2n) is 7.07. The molecule has 1 spiro atoms. The minimum atomic E-state index is -1.21. The summed E-state index contributed by atoms with van der Waals surface area (Å²) in [4.78, 5) is 29.1. The molecule has 1 aliphatic heterocycles. The van der Waals surface area contributed by atoms with Crippen molar-refractivity contribution in [1.82, 2.24) is 5.32 Å². The maximum atomic E-state index is 12.5. The number of carbonyl (C=O) groups is 2. The minimum absolute atomic E-state index is 0.0769. The summed E-state index contributed by atoms with van der Waals surface area (Å²) >= 11 is 13.3. The van der Waals surface area contributed by atoms with E-state index >= 15 is 0 Å². The number of carbonyl (C=O) groups excluding carboxylic acids is 1. The highest BCUT2D eigenvalue weighted by atomic mass is 79.9. The Kier molecular flexibility index (Phi) is 8.65. The lowest BCUT2D eigenvalue weighted by Gasteiger charge is -2.33. The van der Waals surface area contributed by atoms with E-state index in [2.05, 4.69) is 74.2 Å². The summed E-state index contributed by atoms with van der Waals surface area (Å²) in [7, 11) is 1.48. The lowest BCUT2D eigenvalue weighted by atomic mass is 9.87. The largest absolute Gasteiger partial charge is 0.495 e. The van der Waals surface area contributed by atoms with E-state index in [9.17, 15) is 14.7 Å². The number of methoxy groups -OCH3 is 1. The first kappa shape index (κ1) is 26.2. The maximum absolute atomic E-state index is 12.5. The minimum Gasteiger partial charge on any atom is -0.495 e. The van der Waals surface area contributed by atoms with Gasteiger partial charge in [0.05, 0.1) is 37.2 Å². The molecule has 0 aromatic heterocycles. The highest BCUT2D eigenvalue weighted by Crippen LogP contribution is 2.43. The van der Waals surface area contributed by atoms with Crippen LogP contribution in [0, 0.1) is 0 Å². The van der Waals surface area contributed by atoms with E-state index in [0.717, 1.165) is 0 Å². The number of benzene rings is 1. The van der Waals surface area contributed by atoms with Gasteiger partial charge in [-0.3, -0.25) is 4.79 Å². The predicted molar refractivity (Wildman–Crippen MR) is 134 cm³/mol. The number of aliphatic hydroxyl groups excluding tert-OH is 1. The van der Waals surface area contributed by atoms with E-state index in [1.54, 1.807) is 6.08 Å². The number of carboxylic acids is 1. The number of rotatable bonds is 8. The van der Waals surface area contributed by atoms with Crippen molar-refractivity contribution in [1.29, 1.82) is 0 Å². The van der Waals surface area contributed by atoms with Crippen molar-refractivity contribution >= 4 is 81.3 Å². The summed E-state index contributed by atoms with van der Waals surface area (Å²) in [5.41, 5.74) is -0.935. The Labute approximate surface area is 222 Å². The first-order valence-electron chi connectivity index (χ1n) is 9.48. The van der Waals surface area contributed by atoms with Crippen LogP contribution in [0.1, 0.15) is 23.2 Å². The van der Waals surface area contributed by atoms with E-state index in [0.29, 0.717) is 42.4 Å². The summed E-state index contributed by atoms with van der Waals surface area (Å²) in [6.45, 7) is 0.593. The van der Waals surface area contributed by atoms with Gasteiger partial charge in [0.15, 0.2) is 5.60 Å². The maximum Gasteiger partial charge on any atom is 0.335 e. The monoisotopic (exact) mass is 714 g/mol. The fourth-order valence-electron chi connectivity index (χ4n) is 3.19. The molecule has 13 heteroatoms. The summed E-state index contributed by atoms with van der Waals surface area (Å²) in [5.74, 6) is -0.545. The number of hydrogen-bond acceptors (Lipinski definition) is 7. The zero-order valence-corrected chi connectivity index (χ0v) is 23.4. The average Bonchev–Trinajstić information content (AvgIpc) is 3.18. The van der Waals surface area contributed by atoms with Gasteiger partial charge in [0.25, 0.3) is 5.91 Å². The molecule has 0 unspecified atom stereocenters. The van der Waals surface area contributed by atoms with Crippen molar-refractivity contribution in [3.63, 3.8) is 0 Å². The van der Waals surface area contributed by atoms with Gasteiger partial charge in [-0.25, -0.2) is 4.79 Å². The molecule has 178 valence electrons. The van der Waals surface area contributed by atoms with Crippen molar-refractivity contribution in [3.8, 4) is 5.75 Å². The summed E-state index contributed by atoms with van der Waals surface area (Å²) < 4.78 is 12.9. The zero-order chi connectivity index (χ0) is 24.3. The molecule has 1 aliphatic carbocycles. The topological polar surface area (TPSA) is 127 Å². The molecule has 9 nitrogen and oxygen atoms in total. The quantitative estimate of drug-likeness (QED) is 0.344. The number of hydrogen-bond donors (Lipinski definition) is 3. The summed E-state index contributed by atoms with van der Waals surface area (Å²) in [5, 5.41) is 26.4. The van der Waals surface area contributed by atoms with Crippen LogP contribution in [0.4, 0.5) is 0 Å². The third kappa shape index (κ3) is 5.64. The molecule has 0 fully saturated rings. The molecule has 0 bridgehead atoms. The Morgan fingerprint density at radius 3 is 2.55 bits per heavy atom. The molecule has 2 atom stereocenters. The molecule has 1 aromatic rings. The fraction of sp³-hybridized carbons (Fsp3) is 0.350. The van der Waals surface area contributed by atoms with Crippen molar-refractivity contribution in [2.24, 2.45) is 5.16 Å². The van der Waals surface area contributed by atoms with Crippen molar-refractivity contribution < 1.29 is 34.1 Å². The van der Waals surface area contributed by atoms with Crippen LogP contribution in [0.5, 0.6) is 5.75 Å². The Bertz CT molecular complexity index is 1050. The fourth-order valence-corrected chi connectivity index (χ4v) is 6.40. The van der Waals surface area contributed by atoms with Crippen LogP contribution in [-0.2, 0) is 14.4 Å². The van der Waals surface area contributed by atoms with Gasteiger partial charge in [-0.05, 0) is 88.3 Å². The van der Waals surface area contributed by atoms with Crippen LogP contribution in [-0.4, -0.2) is 59.8 Å². The lowest BCUT2D eigenvalue weighted by molar-refractivity contribution is -0.114. The Morgan fingerprint density at radius 1 is 1.27 bits per heavy atom. The van der Waals surface area contributed by atoms with Gasteiger partial charge < -0.3 is 29.8 Å². The number of allylic oxidation sites excluding steroid dienone is 1. The van der Waals surface area contributed by atoms with E-state index in [1.165, 1.54) is 19.2 Å². The van der Waals surface area contributed by atoms with Crippen LogP contribution in [0.3, 0.4) is 0 Å². The van der Waals surface area contributed by atoms with E-state index in [1.807, 2.05) is 0 Å². The van der Waals surface area contributed by atoms with Crippen LogP contribution >= 0.6 is 63.7 Å². The van der Waals surface area contributed by atoms with Gasteiger partial charge in [0, 0.05) is 13.0 Å². The molecular formula is C20H18Br4N2O7. The molecule has 0 saturated heterocycles. The molecule has 1 amide bonds. The first-order valence-corrected chi connectivity index (χ1v) is 12.7. The van der Waals surface area contributed by atoms with Crippen molar-refractivity contribution in [2.75, 3.05) is 20.3 Å². The first-order chi connectivity index (χ1) is 15.6. The van der Waals surface area contributed by atoms with Gasteiger partial charge in [-0.15, -0.1) is 0 Å². The highest BCUT2D eigenvalue weighted by molar-refractivity contribution is 9.12. The third-order valence-electron chi connectivity index (χ3n) is 4.84. The molecular weight excluding hydrogens is 700 g/mol. The Morgan fingerprint density at radius 2 is 1.94 bits per heavy atom. The molecule has 2 aliphatic rings. The van der Waals surface area contributed by atoms with Crippen LogP contribution in [0.25, 0.3) is 0 Å². The number of oxime groups is 1. The van der Waals surface area contributed by atoms with Crippen LogP contribution in [0.15, 0.2) is 47.0 Å².